The van der Waals surface area contributed by atoms with E-state index in [0.29, 0.717) is 0 Å². The van der Waals surface area contributed by atoms with Gasteiger partial charge in [0.05, 0.1) is 11.4 Å². The number of hydrogen-bond donors (Lipinski definition) is 1. The number of benzene rings is 1. The molecule has 0 bridgehead atoms. The molecule has 0 aliphatic heterocycles. The molecule has 4 nitrogen and oxygen atoms in total. The van der Waals surface area contributed by atoms with E-state index in [4.69, 9.17) is 5.11 Å². The van der Waals surface area contributed by atoms with Crippen molar-refractivity contribution in [2.75, 3.05) is 0 Å². The molecule has 3 aromatic rings. The number of nitrogens with zero attached hydrogens (tertiary/aromatic N) is 2. The van der Waals surface area contributed by atoms with Gasteiger partial charge in [0.2, 0.25) is 0 Å². The van der Waals surface area contributed by atoms with E-state index in [1.165, 1.54) is 11.3 Å². The first kappa shape index (κ1) is 14.0. The monoisotopic (exact) mass is 362 g/mol. The highest BCUT2D eigenvalue weighted by Gasteiger charge is 2.11. The van der Waals surface area contributed by atoms with Crippen molar-refractivity contribution in [2.45, 2.75) is 6.54 Å². The summed E-state index contributed by atoms with van der Waals surface area (Å²) in [5.41, 5.74) is 2.76. The minimum atomic E-state index is -0.864. The van der Waals surface area contributed by atoms with E-state index in [9.17, 15) is 4.79 Å². The zero-order valence-electron chi connectivity index (χ0n) is 10.9. The predicted octanol–water partition coefficient (Wildman–Crippen LogP) is 4.13. The van der Waals surface area contributed by atoms with Crippen molar-refractivity contribution in [3.8, 4) is 22.0 Å². The van der Waals surface area contributed by atoms with E-state index in [-0.39, 0.29) is 6.54 Å². The Balaban J connectivity index is 1.93. The van der Waals surface area contributed by atoms with Crippen LogP contribution in [0.15, 0.2) is 52.4 Å². The molecule has 0 unspecified atom stereocenters. The van der Waals surface area contributed by atoms with Crippen molar-refractivity contribution in [3.63, 3.8) is 0 Å². The molecule has 0 saturated heterocycles. The van der Waals surface area contributed by atoms with Gasteiger partial charge < -0.3 is 9.67 Å². The second-order valence-corrected chi connectivity index (χ2v) is 6.23. The highest BCUT2D eigenvalue weighted by molar-refractivity contribution is 9.10. The Morgan fingerprint density at radius 3 is 2.76 bits per heavy atom. The van der Waals surface area contributed by atoms with Gasteiger partial charge in [-0.2, -0.15) is 0 Å². The molecule has 106 valence electrons. The molecule has 1 aromatic carbocycles. The fraction of sp³-hybridized carbons (Fsp3) is 0.0667. The van der Waals surface area contributed by atoms with E-state index in [1.54, 1.807) is 10.8 Å². The van der Waals surface area contributed by atoms with E-state index in [0.717, 1.165) is 26.4 Å². The van der Waals surface area contributed by atoms with Gasteiger partial charge >= 0.3 is 5.97 Å². The first-order chi connectivity index (χ1) is 10.1. The van der Waals surface area contributed by atoms with Crippen LogP contribution < -0.4 is 0 Å². The maximum atomic E-state index is 10.9. The topological polar surface area (TPSA) is 55.1 Å². The van der Waals surface area contributed by atoms with Crippen molar-refractivity contribution in [1.82, 2.24) is 9.55 Å². The van der Waals surface area contributed by atoms with Crippen molar-refractivity contribution < 1.29 is 9.90 Å². The minimum Gasteiger partial charge on any atom is -0.480 e. The van der Waals surface area contributed by atoms with Gasteiger partial charge in [-0.3, -0.25) is 4.79 Å². The van der Waals surface area contributed by atoms with Gasteiger partial charge in [0.25, 0.3) is 0 Å². The Morgan fingerprint density at radius 2 is 2.05 bits per heavy atom. The lowest BCUT2D eigenvalue weighted by atomic mass is 10.2. The average Bonchev–Trinajstić information content (AvgIpc) is 3.07. The molecule has 21 heavy (non-hydrogen) atoms. The first-order valence-corrected chi connectivity index (χ1v) is 7.89. The van der Waals surface area contributed by atoms with Crippen LogP contribution in [0.2, 0.25) is 0 Å². The SMILES string of the molecule is O=C(O)Cn1cccc1-c1nc(-c2ccc(Br)cc2)cs1. The molecule has 0 fully saturated rings. The van der Waals surface area contributed by atoms with Crippen LogP contribution in [0, 0.1) is 0 Å². The Hall–Kier alpha value is -1.92. The number of carboxylic acids is 1. The highest BCUT2D eigenvalue weighted by Crippen LogP contribution is 2.29. The summed E-state index contributed by atoms with van der Waals surface area (Å²) >= 11 is 4.92. The number of carbonyl (C=O) groups is 1. The molecule has 1 N–H and O–H groups in total. The quantitative estimate of drug-likeness (QED) is 0.759. The summed E-state index contributed by atoms with van der Waals surface area (Å²) in [7, 11) is 0. The number of hydrogen-bond acceptors (Lipinski definition) is 3. The number of aliphatic carboxylic acids is 1. The molecule has 0 radical (unpaired) electrons. The molecule has 0 atom stereocenters. The molecule has 0 amide bonds. The molecule has 0 saturated carbocycles. The maximum Gasteiger partial charge on any atom is 0.323 e. The van der Waals surface area contributed by atoms with Crippen LogP contribution in [0.5, 0.6) is 0 Å². The van der Waals surface area contributed by atoms with Gasteiger partial charge in [0.1, 0.15) is 11.6 Å². The zero-order chi connectivity index (χ0) is 14.8. The zero-order valence-corrected chi connectivity index (χ0v) is 13.3. The largest absolute Gasteiger partial charge is 0.480 e. The van der Waals surface area contributed by atoms with Gasteiger partial charge in [0.15, 0.2) is 0 Å². The Bertz CT molecular complexity index is 777. The van der Waals surface area contributed by atoms with Crippen LogP contribution in [-0.4, -0.2) is 20.6 Å². The smallest absolute Gasteiger partial charge is 0.323 e. The molecule has 0 aliphatic carbocycles. The first-order valence-electron chi connectivity index (χ1n) is 6.22. The minimum absolute atomic E-state index is 0.0600. The maximum absolute atomic E-state index is 10.9. The van der Waals surface area contributed by atoms with Crippen molar-refractivity contribution in [2.24, 2.45) is 0 Å². The van der Waals surface area contributed by atoms with Crippen LogP contribution in [0.3, 0.4) is 0 Å². The second kappa shape index (κ2) is 5.83. The third-order valence-electron chi connectivity index (χ3n) is 3.00. The normalized spacial score (nSPS) is 10.7. The lowest BCUT2D eigenvalue weighted by Crippen LogP contribution is -2.08. The number of carboxylic acid groups (broad SMARTS) is 1. The molecule has 0 spiro atoms. The van der Waals surface area contributed by atoms with Crippen LogP contribution in [-0.2, 0) is 11.3 Å². The van der Waals surface area contributed by atoms with E-state index < -0.39 is 5.97 Å². The van der Waals surface area contributed by atoms with Gasteiger partial charge in [-0.15, -0.1) is 11.3 Å². The van der Waals surface area contributed by atoms with Gasteiger partial charge in [0, 0.05) is 21.6 Å². The number of thiazole rings is 1. The van der Waals surface area contributed by atoms with Crippen molar-refractivity contribution >= 4 is 33.2 Å². The standard InChI is InChI=1S/C15H11BrN2O2S/c16-11-5-3-10(4-6-11)12-9-21-15(17-12)13-2-1-7-18(13)8-14(19)20/h1-7,9H,8H2,(H,19,20). The third-order valence-corrected chi connectivity index (χ3v) is 4.39. The lowest BCUT2D eigenvalue weighted by molar-refractivity contribution is -0.137. The summed E-state index contributed by atoms with van der Waals surface area (Å²) in [6.07, 6.45) is 1.75. The number of halogens is 1. The van der Waals surface area contributed by atoms with Gasteiger partial charge in [-0.05, 0) is 24.3 Å². The third kappa shape index (κ3) is 3.06. The molecule has 2 heterocycles. The Labute approximate surface area is 133 Å². The van der Waals surface area contributed by atoms with Gasteiger partial charge in [-0.1, -0.05) is 28.1 Å². The molecule has 3 rings (SSSR count). The average molecular weight is 363 g/mol. The predicted molar refractivity (Wildman–Crippen MR) is 86.3 cm³/mol. The van der Waals surface area contributed by atoms with Crippen LogP contribution in [0.1, 0.15) is 0 Å². The molecule has 0 aliphatic rings. The van der Waals surface area contributed by atoms with Crippen molar-refractivity contribution in [1.29, 1.82) is 0 Å². The van der Waals surface area contributed by atoms with Crippen LogP contribution in [0.25, 0.3) is 22.0 Å². The highest BCUT2D eigenvalue weighted by atomic mass is 79.9. The fourth-order valence-corrected chi connectivity index (χ4v) is 3.17. The Kier molecular flexibility index (Phi) is 3.90. The summed E-state index contributed by atoms with van der Waals surface area (Å²) in [6.45, 7) is -0.0600. The van der Waals surface area contributed by atoms with Crippen LogP contribution in [0.4, 0.5) is 0 Å². The summed E-state index contributed by atoms with van der Waals surface area (Å²) < 4.78 is 2.71. The number of aromatic nitrogens is 2. The van der Waals surface area contributed by atoms with Crippen molar-refractivity contribution in [3.05, 3.63) is 52.4 Å². The number of rotatable bonds is 4. The van der Waals surface area contributed by atoms with E-state index >= 15 is 0 Å². The summed E-state index contributed by atoms with van der Waals surface area (Å²) in [5.74, 6) is -0.864. The van der Waals surface area contributed by atoms with E-state index in [2.05, 4.69) is 20.9 Å². The lowest BCUT2D eigenvalue weighted by Gasteiger charge is -2.03. The molecule has 6 heteroatoms. The van der Waals surface area contributed by atoms with Gasteiger partial charge in [-0.25, -0.2) is 4.98 Å². The van der Waals surface area contributed by atoms with E-state index in [1.807, 2.05) is 41.8 Å². The summed E-state index contributed by atoms with van der Waals surface area (Å²) in [5, 5.41) is 11.7. The molecular weight excluding hydrogens is 352 g/mol. The molecule has 2 aromatic heterocycles. The van der Waals surface area contributed by atoms with Crippen LogP contribution >= 0.6 is 27.3 Å². The second-order valence-electron chi connectivity index (χ2n) is 4.46. The summed E-state index contributed by atoms with van der Waals surface area (Å²) in [4.78, 5) is 15.5. The Morgan fingerprint density at radius 1 is 1.29 bits per heavy atom. The summed E-state index contributed by atoms with van der Waals surface area (Å²) in [6, 6.07) is 11.7. The fourth-order valence-electron chi connectivity index (χ4n) is 2.04. The molecular formula is C15H11BrN2O2S.